The second-order valence-corrected chi connectivity index (χ2v) is 7.74. The van der Waals surface area contributed by atoms with Gasteiger partial charge in [-0.1, -0.05) is 0 Å². The van der Waals surface area contributed by atoms with Crippen LogP contribution in [0.25, 0.3) is 0 Å². The fraction of sp³-hybridized carbons (Fsp3) is 0.824. The molecule has 166 valence electrons. The highest BCUT2D eigenvalue weighted by molar-refractivity contribution is 5.91. The van der Waals surface area contributed by atoms with Crippen molar-refractivity contribution in [3.8, 4) is 0 Å². The third kappa shape index (κ3) is 3.44. The molecule has 2 heterocycles. The third-order valence-corrected chi connectivity index (χ3v) is 5.80. The van der Waals surface area contributed by atoms with E-state index in [1.165, 1.54) is 6.92 Å². The SMILES string of the molecule is COC(=O)C1=CO[C@@H](O[C@@H]2O[C@H](CO)[C@@H](O)[C@H](O)[C@H]2O)C2[C@@](C)(O)C[C@@H](O)[C@]12O. The molecule has 29 heavy (non-hydrogen) atoms. The molecule has 1 aliphatic carbocycles. The van der Waals surface area contributed by atoms with E-state index in [0.717, 1.165) is 13.4 Å². The Balaban J connectivity index is 1.92. The standard InChI is InChI=1S/C17H26O12/c1-16(24)3-8(19)17(25)6(13(23)26-2)5-27-15(12(16)17)29-14-11(22)10(21)9(20)7(4-18)28-14/h5,7-12,14-15,18-22,24-25H,3-4H2,1-2H3/t7-,8-,9-,10+,11-,12?,14+,15+,16+,17-/m1/s1. The zero-order chi connectivity index (χ0) is 21.7. The second kappa shape index (κ2) is 7.72. The van der Waals surface area contributed by atoms with Crippen molar-refractivity contribution in [2.45, 2.75) is 67.6 Å². The van der Waals surface area contributed by atoms with Gasteiger partial charge in [-0.15, -0.1) is 0 Å². The van der Waals surface area contributed by atoms with E-state index in [4.69, 9.17) is 14.2 Å². The third-order valence-electron chi connectivity index (χ3n) is 5.80. The number of ether oxygens (including phenoxy) is 4. The topological polar surface area (TPSA) is 196 Å². The molecule has 3 aliphatic rings. The van der Waals surface area contributed by atoms with Crippen LogP contribution in [0.3, 0.4) is 0 Å². The van der Waals surface area contributed by atoms with E-state index in [1.807, 2.05) is 0 Å². The number of hydrogen-bond acceptors (Lipinski definition) is 12. The summed E-state index contributed by atoms with van der Waals surface area (Å²) >= 11 is 0. The van der Waals surface area contributed by atoms with Crippen LogP contribution in [0.5, 0.6) is 0 Å². The van der Waals surface area contributed by atoms with Gasteiger partial charge < -0.3 is 54.7 Å². The van der Waals surface area contributed by atoms with Crippen LogP contribution in [0.2, 0.25) is 0 Å². The first kappa shape index (κ1) is 22.3. The second-order valence-electron chi connectivity index (χ2n) is 7.74. The van der Waals surface area contributed by atoms with E-state index in [-0.39, 0.29) is 6.42 Å². The van der Waals surface area contributed by atoms with Crippen LogP contribution in [0.1, 0.15) is 13.3 Å². The van der Waals surface area contributed by atoms with Crippen molar-refractivity contribution in [1.82, 2.24) is 0 Å². The Bertz CT molecular complexity index is 663. The van der Waals surface area contributed by atoms with E-state index < -0.39 is 78.4 Å². The molecule has 0 aromatic carbocycles. The summed E-state index contributed by atoms with van der Waals surface area (Å²) in [4.78, 5) is 12.1. The van der Waals surface area contributed by atoms with Gasteiger partial charge in [-0.05, 0) is 6.92 Å². The Morgan fingerprint density at radius 1 is 1.17 bits per heavy atom. The number of rotatable bonds is 4. The summed E-state index contributed by atoms with van der Waals surface area (Å²) in [5.41, 5.74) is -4.50. The number of aliphatic hydroxyl groups is 7. The Morgan fingerprint density at radius 2 is 1.83 bits per heavy atom. The molecule has 3 rings (SSSR count). The summed E-state index contributed by atoms with van der Waals surface area (Å²) in [5, 5.41) is 71.5. The van der Waals surface area contributed by atoms with Gasteiger partial charge in [0.2, 0.25) is 6.29 Å². The molecular formula is C17H26O12. The predicted molar refractivity (Wildman–Crippen MR) is 89.5 cm³/mol. The molecule has 12 heteroatoms. The summed E-state index contributed by atoms with van der Waals surface area (Å²) in [6.07, 6.45) is -10.6. The lowest BCUT2D eigenvalue weighted by Gasteiger charge is -2.46. The molecule has 10 atom stereocenters. The van der Waals surface area contributed by atoms with E-state index in [0.29, 0.717) is 0 Å². The summed E-state index contributed by atoms with van der Waals surface area (Å²) < 4.78 is 20.7. The maximum absolute atomic E-state index is 12.1. The molecule has 1 saturated heterocycles. The number of methoxy groups -OCH3 is 1. The number of aliphatic hydroxyl groups excluding tert-OH is 5. The minimum absolute atomic E-state index is 0.333. The largest absolute Gasteiger partial charge is 0.471 e. The van der Waals surface area contributed by atoms with Crippen molar-refractivity contribution in [1.29, 1.82) is 0 Å². The average Bonchev–Trinajstić information content (AvgIpc) is 2.86. The van der Waals surface area contributed by atoms with Gasteiger partial charge >= 0.3 is 5.97 Å². The van der Waals surface area contributed by atoms with E-state index in [1.54, 1.807) is 0 Å². The summed E-state index contributed by atoms with van der Waals surface area (Å²) in [7, 11) is 1.07. The van der Waals surface area contributed by atoms with Crippen molar-refractivity contribution < 1.29 is 59.5 Å². The lowest BCUT2D eigenvalue weighted by Crippen LogP contribution is -2.63. The van der Waals surface area contributed by atoms with Gasteiger partial charge in [0.15, 0.2) is 6.29 Å². The zero-order valence-electron chi connectivity index (χ0n) is 15.8. The smallest absolute Gasteiger partial charge is 0.339 e. The lowest BCUT2D eigenvalue weighted by molar-refractivity contribution is -0.352. The van der Waals surface area contributed by atoms with Gasteiger partial charge in [-0.2, -0.15) is 0 Å². The van der Waals surface area contributed by atoms with Gasteiger partial charge in [0.1, 0.15) is 41.9 Å². The molecule has 7 N–H and O–H groups in total. The molecule has 12 nitrogen and oxygen atoms in total. The maximum Gasteiger partial charge on any atom is 0.339 e. The first-order chi connectivity index (χ1) is 13.5. The van der Waals surface area contributed by atoms with Crippen LogP contribution in [0, 0.1) is 5.92 Å². The fourth-order valence-electron chi connectivity index (χ4n) is 4.26. The molecule has 2 aliphatic heterocycles. The monoisotopic (exact) mass is 422 g/mol. The number of carbonyl (C=O) groups excluding carboxylic acids is 1. The maximum atomic E-state index is 12.1. The van der Waals surface area contributed by atoms with Crippen LogP contribution in [0.15, 0.2) is 11.8 Å². The average molecular weight is 422 g/mol. The van der Waals surface area contributed by atoms with Crippen LogP contribution in [0.4, 0.5) is 0 Å². The van der Waals surface area contributed by atoms with Crippen molar-refractivity contribution in [3.63, 3.8) is 0 Å². The highest BCUT2D eigenvalue weighted by atomic mass is 16.8. The van der Waals surface area contributed by atoms with E-state index >= 15 is 0 Å². The number of fused-ring (bicyclic) bond motifs is 1. The summed E-state index contributed by atoms with van der Waals surface area (Å²) in [5.74, 6) is -2.41. The van der Waals surface area contributed by atoms with Crippen molar-refractivity contribution in [3.05, 3.63) is 11.8 Å². The molecule has 0 radical (unpaired) electrons. The van der Waals surface area contributed by atoms with Gasteiger partial charge in [0, 0.05) is 6.42 Å². The van der Waals surface area contributed by atoms with Crippen LogP contribution in [-0.4, -0.2) is 110 Å². The lowest BCUT2D eigenvalue weighted by atomic mass is 9.76. The van der Waals surface area contributed by atoms with Crippen molar-refractivity contribution in [2.24, 2.45) is 5.92 Å². The van der Waals surface area contributed by atoms with Crippen molar-refractivity contribution in [2.75, 3.05) is 13.7 Å². The zero-order valence-corrected chi connectivity index (χ0v) is 15.8. The molecule has 2 fully saturated rings. The minimum Gasteiger partial charge on any atom is -0.471 e. The molecule has 1 unspecified atom stereocenters. The molecule has 0 spiro atoms. The Morgan fingerprint density at radius 3 is 2.41 bits per heavy atom. The molecular weight excluding hydrogens is 396 g/mol. The minimum atomic E-state index is -2.30. The van der Waals surface area contributed by atoms with Gasteiger partial charge in [-0.25, -0.2) is 4.79 Å². The predicted octanol–water partition coefficient (Wildman–Crippen LogP) is -3.92. The summed E-state index contributed by atoms with van der Waals surface area (Å²) in [6, 6.07) is 0. The number of esters is 1. The highest BCUT2D eigenvalue weighted by Gasteiger charge is 2.68. The Kier molecular flexibility index (Phi) is 5.95. The molecule has 0 bridgehead atoms. The molecule has 0 aromatic heterocycles. The van der Waals surface area contributed by atoms with Gasteiger partial charge in [0.25, 0.3) is 0 Å². The Hall–Kier alpha value is -1.35. The molecule has 0 amide bonds. The Labute approximate surface area is 165 Å². The van der Waals surface area contributed by atoms with Crippen LogP contribution in [-0.2, 0) is 23.7 Å². The molecule has 1 saturated carbocycles. The molecule has 0 aromatic rings. The number of hydrogen-bond donors (Lipinski definition) is 7. The first-order valence-corrected chi connectivity index (χ1v) is 9.02. The van der Waals surface area contributed by atoms with Gasteiger partial charge in [0.05, 0.1) is 31.3 Å². The summed E-state index contributed by atoms with van der Waals surface area (Å²) in [6.45, 7) is 0.610. The van der Waals surface area contributed by atoms with Crippen LogP contribution >= 0.6 is 0 Å². The highest BCUT2D eigenvalue weighted by Crippen LogP contribution is 2.52. The quantitative estimate of drug-likeness (QED) is 0.218. The fourth-order valence-corrected chi connectivity index (χ4v) is 4.26. The number of carbonyl (C=O) groups is 1. The van der Waals surface area contributed by atoms with E-state index in [2.05, 4.69) is 4.74 Å². The first-order valence-electron chi connectivity index (χ1n) is 9.02. The normalized spacial score (nSPS) is 49.8. The van der Waals surface area contributed by atoms with Crippen molar-refractivity contribution >= 4 is 5.97 Å². The van der Waals surface area contributed by atoms with Crippen LogP contribution < -0.4 is 0 Å². The van der Waals surface area contributed by atoms with Gasteiger partial charge in [-0.3, -0.25) is 0 Å². The van der Waals surface area contributed by atoms with E-state index in [9.17, 15) is 40.5 Å².